The average Bonchev–Trinajstić information content (AvgIpc) is 3.96. The minimum absolute atomic E-state index is 0.00232. The van der Waals surface area contributed by atoms with Crippen molar-refractivity contribution >= 4 is 47.6 Å². The number of nitrogen functional groups attached to an aromatic ring is 2. The van der Waals surface area contributed by atoms with E-state index in [2.05, 4.69) is 35.9 Å². The lowest BCUT2D eigenvalue weighted by Crippen LogP contribution is -2.43. The number of imidazole rings is 2. The quantitative estimate of drug-likeness (QED) is 0.0541. The highest BCUT2D eigenvalue weighted by atomic mass is 19.4. The number of benzene rings is 2. The van der Waals surface area contributed by atoms with Crippen molar-refractivity contribution in [3.05, 3.63) is 119 Å². The molecule has 6 heterocycles. The standard InChI is InChI=1S/C27H33N7O5.C22H25N7O3.C2HF3O/c1-27(2,3)39-26(37)33-14-6-5-7-19(33)24-32-21(22(23(28)35)34(24)29)16-8-10-17(11-9-16)25(36)31-20-15-18(38-4)12-13-30-20;1-32-15-9-11-26-17(12-15)27-22(31)14-7-5-13(6-8-14)18-19(20(23)30)29(24)21(28-18)16-4-2-3-10-25-16;3-2(4,5)1-6/h8-13,15,19H,5-7,14,29H2,1-4H3,(H2,28,35)(H,30,31,36);5-9,11-12,16,25H,2-4,10,24H2,1H3,(H2,23,30)(H,26,27,31);1H/t19-;16-;/m00./s1. The molecule has 23 nitrogen and oxygen atoms in total. The minimum Gasteiger partial charge on any atom is -0.497 e. The number of aromatic nitrogens is 6. The molecule has 2 atom stereocenters. The number of methoxy groups -OCH3 is 2. The molecule has 77 heavy (non-hydrogen) atoms. The van der Waals surface area contributed by atoms with Gasteiger partial charge in [0.15, 0.2) is 17.2 Å². The van der Waals surface area contributed by atoms with Crippen LogP contribution < -0.4 is 48.6 Å². The number of amides is 5. The first-order chi connectivity index (χ1) is 36.5. The Hall–Kier alpha value is -9.07. The summed E-state index contributed by atoms with van der Waals surface area (Å²) in [4.78, 5) is 90.7. The number of piperidine rings is 2. The van der Waals surface area contributed by atoms with Crippen LogP contribution in [-0.4, -0.2) is 109 Å². The van der Waals surface area contributed by atoms with Crippen LogP contribution in [0.25, 0.3) is 22.5 Å². The van der Waals surface area contributed by atoms with E-state index in [9.17, 15) is 37.1 Å². The van der Waals surface area contributed by atoms with Crippen LogP contribution in [0.4, 0.5) is 29.6 Å². The normalized spacial score (nSPS) is 15.3. The molecule has 11 N–H and O–H groups in total. The Bertz CT molecular complexity index is 3080. The first kappa shape index (κ1) is 57.2. The molecule has 5 amide bonds. The van der Waals surface area contributed by atoms with E-state index in [1.54, 1.807) is 112 Å². The van der Waals surface area contributed by atoms with Crippen LogP contribution in [0.15, 0.2) is 85.2 Å². The zero-order chi connectivity index (χ0) is 56.2. The van der Waals surface area contributed by atoms with Crippen LogP contribution in [-0.2, 0) is 9.53 Å². The van der Waals surface area contributed by atoms with Crippen LogP contribution in [0.2, 0.25) is 0 Å². The van der Waals surface area contributed by atoms with Gasteiger partial charge in [-0.05, 0) is 95.8 Å². The molecule has 2 aliphatic rings. The van der Waals surface area contributed by atoms with Crippen molar-refractivity contribution in [2.24, 2.45) is 11.5 Å². The van der Waals surface area contributed by atoms with E-state index in [4.69, 9.17) is 42.2 Å². The van der Waals surface area contributed by atoms with Gasteiger partial charge < -0.3 is 53.3 Å². The summed E-state index contributed by atoms with van der Waals surface area (Å²) in [6.45, 7) is 6.74. The van der Waals surface area contributed by atoms with E-state index in [0.717, 1.165) is 43.3 Å². The molecule has 0 saturated carbocycles. The fourth-order valence-electron chi connectivity index (χ4n) is 8.21. The Morgan fingerprint density at radius 3 is 1.56 bits per heavy atom. The number of rotatable bonds is 12. The zero-order valence-electron chi connectivity index (χ0n) is 42.7. The molecule has 4 aromatic heterocycles. The SMILES string of the molecule is COc1ccnc(NC(=O)c2ccc(-c3nc([C@@H]4CCCCN4)n(N)c3C(N)=O)cc2)c1.COc1ccnc(NC(=O)c2ccc(-c3nc([C@@H]4CCCCN4C(=O)OC(C)(C)C)n(N)c3C(N)=O)cc2)c1.O=CC(F)(F)F. The van der Waals surface area contributed by atoms with Crippen LogP contribution in [0.5, 0.6) is 11.5 Å². The lowest BCUT2D eigenvalue weighted by molar-refractivity contribution is -0.156. The number of ether oxygens (including phenoxy) is 3. The number of hydrogen-bond donors (Lipinski definition) is 7. The van der Waals surface area contributed by atoms with E-state index < -0.39 is 42.0 Å². The second-order valence-corrected chi connectivity index (χ2v) is 18.4. The number of pyridine rings is 2. The van der Waals surface area contributed by atoms with E-state index >= 15 is 0 Å². The average molecular weight is 1070 g/mol. The Balaban J connectivity index is 0.000000229. The van der Waals surface area contributed by atoms with Crippen LogP contribution in [0, 0.1) is 0 Å². The topological polar surface area (TPSA) is 335 Å². The fourth-order valence-corrected chi connectivity index (χ4v) is 8.21. The number of nitrogens with zero attached hydrogens (tertiary/aromatic N) is 7. The smallest absolute Gasteiger partial charge is 0.446 e. The van der Waals surface area contributed by atoms with Crippen molar-refractivity contribution < 1.29 is 56.1 Å². The first-order valence-electron chi connectivity index (χ1n) is 24.0. The molecule has 26 heteroatoms. The molecule has 2 aromatic carbocycles. The van der Waals surface area contributed by atoms with Gasteiger partial charge in [0.1, 0.15) is 45.9 Å². The Morgan fingerprint density at radius 1 is 0.688 bits per heavy atom. The van der Waals surface area contributed by atoms with Crippen molar-refractivity contribution in [1.29, 1.82) is 0 Å². The number of likely N-dealkylation sites (tertiary alicyclic amines) is 1. The Morgan fingerprint density at radius 2 is 1.14 bits per heavy atom. The Labute approximate surface area is 439 Å². The summed E-state index contributed by atoms with van der Waals surface area (Å²) in [5.41, 5.74) is 13.4. The molecule has 0 unspecified atom stereocenters. The Kier molecular flexibility index (Phi) is 18.6. The van der Waals surface area contributed by atoms with Crippen LogP contribution in [0.3, 0.4) is 0 Å². The molecule has 408 valence electrons. The van der Waals surface area contributed by atoms with Gasteiger partial charge in [-0.2, -0.15) is 13.2 Å². The molecule has 0 spiro atoms. The third kappa shape index (κ3) is 14.8. The third-order valence-corrected chi connectivity index (χ3v) is 11.8. The van der Waals surface area contributed by atoms with Crippen molar-refractivity contribution in [2.75, 3.05) is 49.6 Å². The number of hydrogen-bond acceptors (Lipinski definition) is 16. The second-order valence-electron chi connectivity index (χ2n) is 18.4. The summed E-state index contributed by atoms with van der Waals surface area (Å²) >= 11 is 0. The highest BCUT2D eigenvalue weighted by Crippen LogP contribution is 2.35. The third-order valence-electron chi connectivity index (χ3n) is 11.8. The van der Waals surface area contributed by atoms with Gasteiger partial charge >= 0.3 is 12.3 Å². The molecular weight excluding hydrogens is 1010 g/mol. The number of carbonyl (C=O) groups excluding carboxylic acids is 6. The van der Waals surface area contributed by atoms with Gasteiger partial charge in [0, 0.05) is 53.3 Å². The number of nitrogens with one attached hydrogen (secondary N) is 3. The predicted molar refractivity (Wildman–Crippen MR) is 276 cm³/mol. The fraction of sp³-hybridized carbons (Fsp3) is 0.333. The van der Waals surface area contributed by atoms with Crippen LogP contribution in [0.1, 0.15) is 125 Å². The molecule has 2 aliphatic heterocycles. The van der Waals surface area contributed by atoms with Gasteiger partial charge in [0.25, 0.3) is 23.6 Å². The van der Waals surface area contributed by atoms with Gasteiger partial charge in [-0.1, -0.05) is 30.7 Å². The molecule has 6 aromatic rings. The number of halogens is 3. The molecule has 0 bridgehead atoms. The summed E-state index contributed by atoms with van der Waals surface area (Å²) in [5, 5.41) is 8.82. The van der Waals surface area contributed by atoms with Crippen molar-refractivity contribution in [1.82, 2.24) is 39.5 Å². The number of primary amides is 2. The summed E-state index contributed by atoms with van der Waals surface area (Å²) in [6.07, 6.45) is 2.18. The maximum atomic E-state index is 13.0. The lowest BCUT2D eigenvalue weighted by atomic mass is 10.0. The second kappa shape index (κ2) is 25.0. The van der Waals surface area contributed by atoms with Gasteiger partial charge in [-0.15, -0.1) is 0 Å². The molecule has 2 saturated heterocycles. The molecule has 0 aliphatic carbocycles. The number of carbonyl (C=O) groups is 6. The highest BCUT2D eigenvalue weighted by Gasteiger charge is 2.36. The van der Waals surface area contributed by atoms with E-state index in [0.29, 0.717) is 75.7 Å². The van der Waals surface area contributed by atoms with Gasteiger partial charge in [0.2, 0.25) is 6.29 Å². The summed E-state index contributed by atoms with van der Waals surface area (Å²) < 4.78 is 49.6. The van der Waals surface area contributed by atoms with Gasteiger partial charge in [-0.25, -0.2) is 34.1 Å². The number of alkyl halides is 3. The summed E-state index contributed by atoms with van der Waals surface area (Å²) in [7, 11) is 3.07. The monoisotopic (exact) mass is 1070 g/mol. The van der Waals surface area contributed by atoms with Crippen LogP contribution >= 0.6 is 0 Å². The number of anilines is 2. The van der Waals surface area contributed by atoms with Crippen molar-refractivity contribution in [3.8, 4) is 34.0 Å². The van der Waals surface area contributed by atoms with Gasteiger partial charge in [0.05, 0.1) is 26.3 Å². The maximum Gasteiger partial charge on any atom is 0.446 e. The maximum absolute atomic E-state index is 13.0. The van der Waals surface area contributed by atoms with E-state index in [1.165, 1.54) is 18.0 Å². The molecule has 0 radical (unpaired) electrons. The lowest BCUT2D eigenvalue weighted by Gasteiger charge is -2.36. The van der Waals surface area contributed by atoms with Crippen molar-refractivity contribution in [3.63, 3.8) is 0 Å². The molecule has 8 rings (SSSR count). The van der Waals surface area contributed by atoms with E-state index in [-0.39, 0.29) is 34.9 Å². The molecular formula is C51H59F3N14O9. The minimum atomic E-state index is -4.64. The van der Waals surface area contributed by atoms with Crippen molar-refractivity contribution in [2.45, 2.75) is 83.2 Å². The highest BCUT2D eigenvalue weighted by molar-refractivity contribution is 6.05. The van der Waals surface area contributed by atoms with E-state index in [1.807, 2.05) is 0 Å². The largest absolute Gasteiger partial charge is 0.497 e. The van der Waals surface area contributed by atoms with Gasteiger partial charge in [-0.3, -0.25) is 28.9 Å². The zero-order valence-corrected chi connectivity index (χ0v) is 42.7. The summed E-state index contributed by atoms with van der Waals surface area (Å²) in [5.74, 6) is 13.2. The number of nitrogens with two attached hydrogens (primary N) is 4. The molecule has 2 fully saturated rings. The first-order valence-corrected chi connectivity index (χ1v) is 24.0. The number of aldehydes is 1. The predicted octanol–water partition coefficient (Wildman–Crippen LogP) is 6.06. The summed E-state index contributed by atoms with van der Waals surface area (Å²) in [6, 6.07) is 19.3.